The molecule has 4 atom stereocenters. The Kier molecular flexibility index (Phi) is 6.51. The summed E-state index contributed by atoms with van der Waals surface area (Å²) in [4.78, 5) is 14.7. The Labute approximate surface area is 135 Å². The molecule has 0 aromatic carbocycles. The first-order chi connectivity index (χ1) is 9.37. The lowest BCUT2D eigenvalue weighted by Gasteiger charge is -2.55. The van der Waals surface area contributed by atoms with E-state index in [0.29, 0.717) is 24.1 Å². The highest BCUT2D eigenvalue weighted by Gasteiger charge is 2.52. The van der Waals surface area contributed by atoms with Crippen LogP contribution in [-0.2, 0) is 9.53 Å². The molecule has 2 rings (SSSR count). The third-order valence-electron chi connectivity index (χ3n) is 5.28. The van der Waals surface area contributed by atoms with Crippen molar-refractivity contribution in [2.75, 3.05) is 20.2 Å². The molecule has 2 aliphatic rings. The van der Waals surface area contributed by atoms with Crippen molar-refractivity contribution in [3.63, 3.8) is 0 Å². The summed E-state index contributed by atoms with van der Waals surface area (Å²) in [6.45, 7) is 10.4. The minimum atomic E-state index is 0. The van der Waals surface area contributed by atoms with Gasteiger partial charge in [0.1, 0.15) is 0 Å². The summed E-state index contributed by atoms with van der Waals surface area (Å²) in [5.74, 6) is 0.518. The van der Waals surface area contributed by atoms with E-state index in [9.17, 15) is 4.79 Å². The number of carbonyl (C=O) groups is 1. The van der Waals surface area contributed by atoms with Crippen LogP contribution >= 0.6 is 12.4 Å². The van der Waals surface area contributed by atoms with Crippen molar-refractivity contribution in [3.05, 3.63) is 0 Å². The number of ether oxygens (including phenoxy) is 1. The van der Waals surface area contributed by atoms with E-state index in [1.165, 1.54) is 0 Å². The van der Waals surface area contributed by atoms with E-state index in [1.54, 1.807) is 0 Å². The molecule has 1 aliphatic heterocycles. The molecular weight excluding hydrogens is 288 g/mol. The van der Waals surface area contributed by atoms with Gasteiger partial charge in [-0.3, -0.25) is 4.79 Å². The molecule has 1 saturated heterocycles. The molecule has 4 nitrogen and oxygen atoms in total. The van der Waals surface area contributed by atoms with Gasteiger partial charge in [0.05, 0.1) is 6.10 Å². The lowest BCUT2D eigenvalue weighted by Crippen LogP contribution is -2.63. The molecule has 0 bridgehead atoms. The normalized spacial score (nSPS) is 34.5. The maximum absolute atomic E-state index is 12.7. The molecular formula is C16H31ClN2O2. The number of carbonyl (C=O) groups excluding carboxylic acids is 1. The van der Waals surface area contributed by atoms with Crippen molar-refractivity contribution in [1.29, 1.82) is 0 Å². The number of hydrogen-bond acceptors (Lipinski definition) is 3. The van der Waals surface area contributed by atoms with Gasteiger partial charge in [0.25, 0.3) is 0 Å². The van der Waals surface area contributed by atoms with Gasteiger partial charge in [-0.05, 0) is 39.7 Å². The first-order valence-corrected chi connectivity index (χ1v) is 7.99. The van der Waals surface area contributed by atoms with Crippen LogP contribution in [0.3, 0.4) is 0 Å². The second-order valence-corrected chi connectivity index (χ2v) is 7.04. The van der Waals surface area contributed by atoms with E-state index in [0.717, 1.165) is 32.4 Å². The van der Waals surface area contributed by atoms with Gasteiger partial charge in [0.15, 0.2) is 0 Å². The number of nitrogens with zero attached hydrogens (tertiary/aromatic N) is 1. The predicted molar refractivity (Wildman–Crippen MR) is 87.8 cm³/mol. The summed E-state index contributed by atoms with van der Waals surface area (Å²) >= 11 is 0. The minimum absolute atomic E-state index is 0. The maximum Gasteiger partial charge on any atom is 0.225 e. The maximum atomic E-state index is 12.7. The summed E-state index contributed by atoms with van der Waals surface area (Å²) in [6.07, 6.45) is 3.20. The Morgan fingerprint density at radius 3 is 2.57 bits per heavy atom. The molecule has 0 aromatic rings. The second kappa shape index (κ2) is 7.30. The highest BCUT2D eigenvalue weighted by Crippen LogP contribution is 2.45. The highest BCUT2D eigenvalue weighted by molar-refractivity contribution is 5.85. The van der Waals surface area contributed by atoms with Crippen LogP contribution in [0.5, 0.6) is 0 Å². The van der Waals surface area contributed by atoms with Crippen molar-refractivity contribution >= 4 is 18.3 Å². The number of hydrogen-bond donors (Lipinski definition) is 1. The van der Waals surface area contributed by atoms with E-state index < -0.39 is 0 Å². The van der Waals surface area contributed by atoms with Gasteiger partial charge in [-0.25, -0.2) is 0 Å². The van der Waals surface area contributed by atoms with Gasteiger partial charge < -0.3 is 15.0 Å². The molecule has 1 amide bonds. The van der Waals surface area contributed by atoms with Gasteiger partial charge >= 0.3 is 0 Å². The van der Waals surface area contributed by atoms with Crippen LogP contribution in [-0.4, -0.2) is 49.2 Å². The summed E-state index contributed by atoms with van der Waals surface area (Å²) in [7, 11) is 1.98. The van der Waals surface area contributed by atoms with Crippen molar-refractivity contribution in [2.45, 2.75) is 65.1 Å². The SMILES string of the molecule is CCOC1CC(N(C)C(=O)[C@H]2CCN[C@@H](C)C2)C1(C)C.Cl. The largest absolute Gasteiger partial charge is 0.378 e. The Morgan fingerprint density at radius 1 is 1.38 bits per heavy atom. The molecule has 0 radical (unpaired) electrons. The van der Waals surface area contributed by atoms with Gasteiger partial charge in [-0.2, -0.15) is 0 Å². The zero-order valence-electron chi connectivity index (χ0n) is 14.0. The van der Waals surface area contributed by atoms with Crippen molar-refractivity contribution in [2.24, 2.45) is 11.3 Å². The Bertz CT molecular complexity index is 362. The number of nitrogens with one attached hydrogen (secondary N) is 1. The number of piperidine rings is 1. The predicted octanol–water partition coefficient (Wildman–Crippen LogP) is 2.46. The molecule has 0 aromatic heterocycles. The lowest BCUT2D eigenvalue weighted by molar-refractivity contribution is -0.167. The molecule has 1 heterocycles. The summed E-state index contributed by atoms with van der Waals surface area (Å²) < 4.78 is 5.77. The fraction of sp³-hybridized carbons (Fsp3) is 0.938. The average Bonchev–Trinajstić information content (AvgIpc) is 2.41. The fourth-order valence-corrected chi connectivity index (χ4v) is 3.80. The van der Waals surface area contributed by atoms with Crippen LogP contribution in [0.2, 0.25) is 0 Å². The van der Waals surface area contributed by atoms with E-state index in [-0.39, 0.29) is 23.7 Å². The first kappa shape index (κ1) is 18.7. The van der Waals surface area contributed by atoms with Gasteiger partial charge in [0, 0.05) is 37.1 Å². The molecule has 1 saturated carbocycles. The van der Waals surface area contributed by atoms with Crippen molar-refractivity contribution < 1.29 is 9.53 Å². The standard InChI is InChI=1S/C16H30N2O2.ClH/c1-6-20-14-10-13(16(14,3)4)18(5)15(19)12-7-8-17-11(2)9-12;/h11-14,17H,6-10H2,1-5H3;1H/t11-,12-,13?,14?;/m0./s1. The number of rotatable bonds is 4. The van der Waals surface area contributed by atoms with Crippen LogP contribution in [0.15, 0.2) is 0 Å². The zero-order valence-corrected chi connectivity index (χ0v) is 14.8. The summed E-state index contributed by atoms with van der Waals surface area (Å²) in [6, 6.07) is 0.772. The topological polar surface area (TPSA) is 41.6 Å². The number of amides is 1. The Balaban J connectivity index is 0.00000220. The van der Waals surface area contributed by atoms with Crippen molar-refractivity contribution in [1.82, 2.24) is 10.2 Å². The van der Waals surface area contributed by atoms with E-state index >= 15 is 0 Å². The third-order valence-corrected chi connectivity index (χ3v) is 5.28. The molecule has 0 spiro atoms. The molecule has 21 heavy (non-hydrogen) atoms. The Morgan fingerprint density at radius 2 is 2.05 bits per heavy atom. The molecule has 2 fully saturated rings. The third kappa shape index (κ3) is 3.72. The number of halogens is 1. The summed E-state index contributed by atoms with van der Waals surface area (Å²) in [5.41, 5.74) is 0.0684. The van der Waals surface area contributed by atoms with Crippen LogP contribution in [0.4, 0.5) is 0 Å². The minimum Gasteiger partial charge on any atom is -0.378 e. The Hall–Kier alpha value is -0.320. The molecule has 1 N–H and O–H groups in total. The van der Waals surface area contributed by atoms with Crippen LogP contribution in [0, 0.1) is 11.3 Å². The molecule has 2 unspecified atom stereocenters. The average molecular weight is 319 g/mol. The van der Waals surface area contributed by atoms with E-state index in [2.05, 4.69) is 26.1 Å². The van der Waals surface area contributed by atoms with E-state index in [4.69, 9.17) is 4.74 Å². The van der Waals surface area contributed by atoms with Gasteiger partial charge in [0.2, 0.25) is 5.91 Å². The van der Waals surface area contributed by atoms with Crippen LogP contribution in [0.1, 0.15) is 47.0 Å². The quantitative estimate of drug-likeness (QED) is 0.865. The zero-order chi connectivity index (χ0) is 14.9. The van der Waals surface area contributed by atoms with Gasteiger partial charge in [-0.1, -0.05) is 13.8 Å². The van der Waals surface area contributed by atoms with E-state index in [1.807, 2.05) is 18.9 Å². The van der Waals surface area contributed by atoms with Crippen LogP contribution in [0.25, 0.3) is 0 Å². The van der Waals surface area contributed by atoms with Gasteiger partial charge in [-0.15, -0.1) is 12.4 Å². The molecule has 5 heteroatoms. The van der Waals surface area contributed by atoms with Crippen LogP contribution < -0.4 is 5.32 Å². The first-order valence-electron chi connectivity index (χ1n) is 7.99. The lowest BCUT2D eigenvalue weighted by atomic mass is 9.63. The molecule has 1 aliphatic carbocycles. The molecule has 124 valence electrons. The fourth-order valence-electron chi connectivity index (χ4n) is 3.80. The highest BCUT2D eigenvalue weighted by atomic mass is 35.5. The summed E-state index contributed by atoms with van der Waals surface area (Å²) in [5, 5.41) is 3.41. The second-order valence-electron chi connectivity index (χ2n) is 7.04. The smallest absolute Gasteiger partial charge is 0.225 e. The monoisotopic (exact) mass is 318 g/mol. The van der Waals surface area contributed by atoms with Crippen molar-refractivity contribution in [3.8, 4) is 0 Å².